The summed E-state index contributed by atoms with van der Waals surface area (Å²) in [4.78, 5) is 0.119. The Balaban J connectivity index is 2.10. The standard InChI is InChI=1S/C10H16N6O3S/c1-3-11-5-8-4-9(7(2)19-8)20(17,18)12-6-10-13-15-16-14-10/h4,11-12H,3,5-6H2,1-2H3,(H,13,14,15,16). The number of furan rings is 1. The number of H-pyrrole nitrogens is 1. The molecule has 0 saturated heterocycles. The first-order valence-electron chi connectivity index (χ1n) is 6.05. The minimum absolute atomic E-state index is 0.0357. The molecular formula is C10H16N6O3S. The largest absolute Gasteiger partial charge is 0.464 e. The van der Waals surface area contributed by atoms with E-state index >= 15 is 0 Å². The first-order chi connectivity index (χ1) is 9.53. The topological polar surface area (TPSA) is 126 Å². The fourth-order valence-corrected chi connectivity index (χ4v) is 2.80. The lowest BCUT2D eigenvalue weighted by molar-refractivity contribution is 0.460. The Labute approximate surface area is 116 Å². The van der Waals surface area contributed by atoms with Crippen molar-refractivity contribution in [1.29, 1.82) is 0 Å². The third-order valence-corrected chi connectivity index (χ3v) is 4.08. The second kappa shape index (κ2) is 6.11. The number of nitrogens with one attached hydrogen (secondary N) is 3. The molecule has 3 N–H and O–H groups in total. The summed E-state index contributed by atoms with van der Waals surface area (Å²) in [6.45, 7) is 4.79. The summed E-state index contributed by atoms with van der Waals surface area (Å²) in [5.74, 6) is 1.19. The number of tetrazole rings is 1. The second-order valence-electron chi connectivity index (χ2n) is 4.07. The van der Waals surface area contributed by atoms with Crippen molar-refractivity contribution in [3.05, 3.63) is 23.4 Å². The van der Waals surface area contributed by atoms with Crippen molar-refractivity contribution < 1.29 is 12.8 Å². The minimum Gasteiger partial charge on any atom is -0.464 e. The summed E-state index contributed by atoms with van der Waals surface area (Å²) in [6.07, 6.45) is 0. The lowest BCUT2D eigenvalue weighted by Gasteiger charge is -2.02. The fraction of sp³-hybridized carbons (Fsp3) is 0.500. The van der Waals surface area contributed by atoms with Crippen LogP contribution in [0.3, 0.4) is 0 Å². The van der Waals surface area contributed by atoms with Gasteiger partial charge < -0.3 is 9.73 Å². The van der Waals surface area contributed by atoms with E-state index in [2.05, 4.69) is 30.7 Å². The molecule has 2 aromatic heterocycles. The van der Waals surface area contributed by atoms with Crippen molar-refractivity contribution in [3.63, 3.8) is 0 Å². The van der Waals surface area contributed by atoms with E-state index in [0.29, 0.717) is 18.1 Å². The second-order valence-corrected chi connectivity index (χ2v) is 5.80. The Morgan fingerprint density at radius 3 is 2.85 bits per heavy atom. The predicted molar refractivity (Wildman–Crippen MR) is 69.0 cm³/mol. The first-order valence-corrected chi connectivity index (χ1v) is 7.53. The van der Waals surface area contributed by atoms with Crippen molar-refractivity contribution in [2.24, 2.45) is 0 Å². The number of aromatic nitrogens is 4. The van der Waals surface area contributed by atoms with Gasteiger partial charge in [-0.25, -0.2) is 13.1 Å². The van der Waals surface area contributed by atoms with Crippen molar-refractivity contribution in [2.75, 3.05) is 6.54 Å². The van der Waals surface area contributed by atoms with Crippen LogP contribution in [0.1, 0.15) is 24.3 Å². The quantitative estimate of drug-likeness (QED) is 0.640. The molecule has 110 valence electrons. The van der Waals surface area contributed by atoms with Crippen molar-refractivity contribution in [1.82, 2.24) is 30.7 Å². The van der Waals surface area contributed by atoms with E-state index in [9.17, 15) is 8.42 Å². The van der Waals surface area contributed by atoms with E-state index in [1.165, 1.54) is 6.07 Å². The maximum absolute atomic E-state index is 12.2. The molecule has 9 nitrogen and oxygen atoms in total. The molecule has 0 amide bonds. The molecular weight excluding hydrogens is 284 g/mol. The number of hydrogen-bond acceptors (Lipinski definition) is 7. The minimum atomic E-state index is -3.66. The highest BCUT2D eigenvalue weighted by atomic mass is 32.2. The van der Waals surface area contributed by atoms with Crippen LogP contribution >= 0.6 is 0 Å². The van der Waals surface area contributed by atoms with Gasteiger partial charge in [-0.15, -0.1) is 10.2 Å². The van der Waals surface area contributed by atoms with Gasteiger partial charge in [0.15, 0.2) is 5.82 Å². The Morgan fingerprint density at radius 1 is 1.40 bits per heavy atom. The molecule has 0 aliphatic carbocycles. The molecule has 0 bridgehead atoms. The average Bonchev–Trinajstić information content (AvgIpc) is 3.03. The lowest BCUT2D eigenvalue weighted by Crippen LogP contribution is -2.24. The van der Waals surface area contributed by atoms with Crippen LogP contribution in [0.15, 0.2) is 15.4 Å². The summed E-state index contributed by atoms with van der Waals surface area (Å²) < 4.78 is 32.1. The van der Waals surface area contributed by atoms with Gasteiger partial charge in [-0.2, -0.15) is 5.21 Å². The molecule has 2 heterocycles. The van der Waals surface area contributed by atoms with E-state index in [1.807, 2.05) is 6.92 Å². The maximum Gasteiger partial charge on any atom is 0.244 e. The molecule has 0 radical (unpaired) electrons. The highest BCUT2D eigenvalue weighted by Gasteiger charge is 2.21. The smallest absolute Gasteiger partial charge is 0.244 e. The lowest BCUT2D eigenvalue weighted by atomic mass is 10.4. The molecule has 20 heavy (non-hydrogen) atoms. The van der Waals surface area contributed by atoms with Gasteiger partial charge in [-0.1, -0.05) is 12.1 Å². The zero-order chi connectivity index (χ0) is 14.6. The van der Waals surface area contributed by atoms with Gasteiger partial charge in [0.05, 0.1) is 13.1 Å². The number of nitrogens with zero attached hydrogens (tertiary/aromatic N) is 3. The Bertz CT molecular complexity index is 649. The Hall–Kier alpha value is -1.78. The van der Waals surface area contributed by atoms with E-state index in [-0.39, 0.29) is 17.3 Å². The van der Waals surface area contributed by atoms with Gasteiger partial charge in [-0.05, 0) is 13.5 Å². The summed E-state index contributed by atoms with van der Waals surface area (Å²) in [6, 6.07) is 1.51. The van der Waals surface area contributed by atoms with Gasteiger partial charge in [0, 0.05) is 6.07 Å². The highest BCUT2D eigenvalue weighted by Crippen LogP contribution is 2.19. The molecule has 0 aromatic carbocycles. The zero-order valence-corrected chi connectivity index (χ0v) is 12.0. The highest BCUT2D eigenvalue weighted by molar-refractivity contribution is 7.89. The van der Waals surface area contributed by atoms with Crippen molar-refractivity contribution in [3.8, 4) is 0 Å². The van der Waals surface area contributed by atoms with Crippen molar-refractivity contribution in [2.45, 2.75) is 31.8 Å². The van der Waals surface area contributed by atoms with Crippen LogP contribution in [0, 0.1) is 6.92 Å². The monoisotopic (exact) mass is 300 g/mol. The van der Waals surface area contributed by atoms with Crippen molar-refractivity contribution >= 4 is 10.0 Å². The van der Waals surface area contributed by atoms with Gasteiger partial charge in [0.25, 0.3) is 0 Å². The molecule has 2 rings (SSSR count). The molecule has 0 aliphatic heterocycles. The van der Waals surface area contributed by atoms with Gasteiger partial charge in [-0.3, -0.25) is 0 Å². The first kappa shape index (κ1) is 14.6. The van der Waals surface area contributed by atoms with Gasteiger partial charge >= 0.3 is 0 Å². The number of rotatable bonds is 7. The number of aryl methyl sites for hydroxylation is 1. The SMILES string of the molecule is CCNCc1cc(S(=O)(=O)NCc2nn[nH]n2)c(C)o1. The molecule has 0 atom stereocenters. The van der Waals surface area contributed by atoms with Crippen LogP contribution in [0.2, 0.25) is 0 Å². The molecule has 0 spiro atoms. The summed E-state index contributed by atoms with van der Waals surface area (Å²) in [5.41, 5.74) is 0. The third kappa shape index (κ3) is 3.40. The molecule has 0 fully saturated rings. The van der Waals surface area contributed by atoms with Gasteiger partial charge in [0.2, 0.25) is 10.0 Å². The summed E-state index contributed by atoms with van der Waals surface area (Å²) in [7, 11) is -3.66. The molecule has 0 aliphatic rings. The normalized spacial score (nSPS) is 11.9. The third-order valence-electron chi connectivity index (χ3n) is 2.57. The number of sulfonamides is 1. The van der Waals surface area contributed by atoms with Gasteiger partial charge in [0.1, 0.15) is 16.4 Å². The number of hydrogen-bond donors (Lipinski definition) is 3. The van der Waals surface area contributed by atoms with Crippen LogP contribution in [-0.2, 0) is 23.1 Å². The molecule has 0 unspecified atom stereocenters. The maximum atomic E-state index is 12.2. The van der Waals surface area contributed by atoms with E-state index in [0.717, 1.165) is 6.54 Å². The Morgan fingerprint density at radius 2 is 2.20 bits per heavy atom. The predicted octanol–water partition coefficient (Wildman–Crippen LogP) is -0.311. The van der Waals surface area contributed by atoms with E-state index in [4.69, 9.17) is 4.42 Å². The van der Waals surface area contributed by atoms with E-state index in [1.54, 1.807) is 6.92 Å². The summed E-state index contributed by atoms with van der Waals surface area (Å²) >= 11 is 0. The summed E-state index contributed by atoms with van der Waals surface area (Å²) in [5, 5.41) is 16.0. The van der Waals surface area contributed by atoms with Crippen LogP contribution in [0.25, 0.3) is 0 Å². The Kier molecular flexibility index (Phi) is 4.47. The van der Waals surface area contributed by atoms with Crippen LogP contribution in [-0.4, -0.2) is 35.6 Å². The van der Waals surface area contributed by atoms with Crippen LogP contribution < -0.4 is 10.0 Å². The number of aromatic amines is 1. The fourth-order valence-electron chi connectivity index (χ4n) is 1.62. The molecule has 0 saturated carbocycles. The molecule has 2 aromatic rings. The van der Waals surface area contributed by atoms with E-state index < -0.39 is 10.0 Å². The van der Waals surface area contributed by atoms with Crippen LogP contribution in [0.5, 0.6) is 0 Å². The van der Waals surface area contributed by atoms with Crippen LogP contribution in [0.4, 0.5) is 0 Å². The zero-order valence-electron chi connectivity index (χ0n) is 11.2. The average molecular weight is 300 g/mol. The molecule has 10 heteroatoms.